The highest BCUT2D eigenvalue weighted by Crippen LogP contribution is 2.45. The summed E-state index contributed by atoms with van der Waals surface area (Å²) < 4.78 is 61.4. The lowest BCUT2D eigenvalue weighted by molar-refractivity contribution is -0.161. The van der Waals surface area contributed by atoms with Crippen LogP contribution in [0.2, 0.25) is 0 Å². The van der Waals surface area contributed by atoms with Crippen LogP contribution in [0.15, 0.2) is 158 Å². The number of esters is 3. The molecule has 0 rings (SSSR count). The van der Waals surface area contributed by atoms with E-state index < -0.39 is 91.5 Å². The Morgan fingerprint density at radius 1 is 0.252 bits per heavy atom. The molecule has 18 heteroatoms. The lowest BCUT2D eigenvalue weighted by atomic mass is 10.0. The van der Waals surface area contributed by atoms with Crippen LogP contribution < -0.4 is 0 Å². The van der Waals surface area contributed by atoms with Gasteiger partial charge in [-0.3, -0.25) is 32.5 Å². The molecule has 4 N–H and O–H groups in total. The molecule has 0 aromatic heterocycles. The van der Waals surface area contributed by atoms with Crippen LogP contribution in [0.25, 0.3) is 0 Å². The Morgan fingerprint density at radius 3 is 0.730 bits per heavy atom. The van der Waals surface area contributed by atoms with Gasteiger partial charge >= 0.3 is 33.6 Å². The number of ether oxygens (including phenoxy) is 3. The first-order valence-corrected chi connectivity index (χ1v) is 48.8. The molecule has 0 bridgehead atoms. The van der Waals surface area contributed by atoms with Crippen molar-refractivity contribution in [1.82, 2.24) is 0 Å². The Kier molecular flexibility index (Phi) is 84.7. The number of aliphatic hydroxyl groups excluding tert-OH is 2. The molecule has 0 aromatic rings. The fourth-order valence-electron chi connectivity index (χ4n) is 12.3. The number of phosphoric ester groups is 2. The Hall–Kier alpha value is -4.83. The van der Waals surface area contributed by atoms with Crippen LogP contribution in [-0.2, 0) is 55.8 Å². The second kappa shape index (κ2) is 88.5. The third-order valence-corrected chi connectivity index (χ3v) is 21.1. The molecule has 0 spiro atoms. The molecule has 5 unspecified atom stereocenters. The van der Waals surface area contributed by atoms with Gasteiger partial charge < -0.3 is 34.2 Å². The van der Waals surface area contributed by atoms with Gasteiger partial charge in [0, 0.05) is 19.3 Å². The van der Waals surface area contributed by atoms with Crippen molar-refractivity contribution in [3.05, 3.63) is 158 Å². The number of aliphatic hydroxyl groups is 2. The topological polar surface area (TPSA) is 231 Å². The molecular weight excluding hydrogens is 1480 g/mol. The first-order chi connectivity index (χ1) is 56.2. The molecule has 0 aliphatic heterocycles. The maximum atomic E-state index is 13.0. The average molecular weight is 1650 g/mol. The smallest absolute Gasteiger partial charge is 0.463 e. The lowest BCUT2D eigenvalue weighted by Gasteiger charge is -2.21. The van der Waals surface area contributed by atoms with E-state index in [9.17, 15) is 43.5 Å². The molecule has 115 heavy (non-hydrogen) atoms. The second-order valence-corrected chi connectivity index (χ2v) is 33.2. The van der Waals surface area contributed by atoms with Crippen LogP contribution in [0.3, 0.4) is 0 Å². The summed E-state index contributed by atoms with van der Waals surface area (Å²) in [5.41, 5.74) is 0. The molecule has 16 nitrogen and oxygen atoms in total. The molecule has 0 aromatic carbocycles. The molecule has 0 aliphatic rings. The number of hydrogen-bond acceptors (Lipinski definition) is 14. The number of hydrogen-bond donors (Lipinski definition) is 4. The van der Waals surface area contributed by atoms with E-state index in [-0.39, 0.29) is 19.3 Å². The minimum Gasteiger partial charge on any atom is -0.463 e. The zero-order valence-corrected chi connectivity index (χ0v) is 74.5. The minimum absolute atomic E-state index is 0.0733. The Balaban J connectivity index is 4.50. The van der Waals surface area contributed by atoms with Gasteiger partial charge in [0.25, 0.3) is 0 Å². The van der Waals surface area contributed by atoms with E-state index in [1.54, 1.807) is 0 Å². The molecule has 0 amide bonds. The molecule has 660 valence electrons. The SMILES string of the molecule is CC/C=C\C/C=C\C/C=C\C/C=C\C/C=C\CCCCCCCCCCCCCCCC(=O)OCC(COP(=O)(O)OCC(O)COP(=O)(O)OCC(O)COC(=O)CCCCCCCCCCCCCCCCCCC/C=C\C/C=C\C/C=C\C/C=C\CCCCC)OC(=O)CCCCCC/C=C\C/C=C\C/C=C\C/C=C\CC. The van der Waals surface area contributed by atoms with Crippen molar-refractivity contribution in [1.29, 1.82) is 0 Å². The van der Waals surface area contributed by atoms with Crippen LogP contribution in [0.1, 0.15) is 380 Å². The van der Waals surface area contributed by atoms with E-state index in [1.807, 2.05) is 0 Å². The number of phosphoric acid groups is 2. The zero-order chi connectivity index (χ0) is 83.6. The van der Waals surface area contributed by atoms with Crippen molar-refractivity contribution in [3.63, 3.8) is 0 Å². The monoisotopic (exact) mass is 1650 g/mol. The molecule has 0 heterocycles. The third-order valence-electron chi connectivity index (χ3n) is 19.2. The quantitative estimate of drug-likeness (QED) is 0.0146. The molecule has 0 aliphatic carbocycles. The van der Waals surface area contributed by atoms with Crippen molar-refractivity contribution in [2.24, 2.45) is 0 Å². The van der Waals surface area contributed by atoms with E-state index >= 15 is 0 Å². The van der Waals surface area contributed by atoms with Gasteiger partial charge in [-0.25, -0.2) is 9.13 Å². The first kappa shape index (κ1) is 110. The van der Waals surface area contributed by atoms with E-state index in [1.165, 1.54) is 167 Å². The van der Waals surface area contributed by atoms with Crippen molar-refractivity contribution in [2.45, 2.75) is 399 Å². The number of rotatable bonds is 86. The fourth-order valence-corrected chi connectivity index (χ4v) is 13.9. The van der Waals surface area contributed by atoms with Gasteiger partial charge in [0.15, 0.2) is 6.10 Å². The average Bonchev–Trinajstić information content (AvgIpc) is 0.897. The summed E-state index contributed by atoms with van der Waals surface area (Å²) in [5.74, 6) is -1.60. The van der Waals surface area contributed by atoms with Gasteiger partial charge in [0.2, 0.25) is 0 Å². The molecule has 0 fully saturated rings. The van der Waals surface area contributed by atoms with E-state index in [2.05, 4.69) is 179 Å². The van der Waals surface area contributed by atoms with Crippen LogP contribution in [0.5, 0.6) is 0 Å². The number of carbonyl (C=O) groups is 3. The third kappa shape index (κ3) is 89.8. The highest BCUT2D eigenvalue weighted by Gasteiger charge is 2.29. The van der Waals surface area contributed by atoms with Gasteiger partial charge in [0.1, 0.15) is 25.4 Å². The Labute approximate surface area is 701 Å². The summed E-state index contributed by atoms with van der Waals surface area (Å²) in [4.78, 5) is 58.9. The van der Waals surface area contributed by atoms with E-state index in [0.29, 0.717) is 19.3 Å². The van der Waals surface area contributed by atoms with Crippen LogP contribution >= 0.6 is 15.6 Å². The number of allylic oxidation sites excluding steroid dienone is 26. The summed E-state index contributed by atoms with van der Waals surface area (Å²) in [6, 6.07) is 0. The Bertz CT molecular complexity index is 2720. The van der Waals surface area contributed by atoms with Crippen LogP contribution in [0, 0.1) is 0 Å². The van der Waals surface area contributed by atoms with Crippen molar-refractivity contribution < 1.29 is 75.8 Å². The van der Waals surface area contributed by atoms with Crippen LogP contribution in [0.4, 0.5) is 0 Å². The maximum Gasteiger partial charge on any atom is 0.472 e. The lowest BCUT2D eigenvalue weighted by Crippen LogP contribution is -2.30. The highest BCUT2D eigenvalue weighted by molar-refractivity contribution is 7.47. The summed E-state index contributed by atoms with van der Waals surface area (Å²) >= 11 is 0. The normalized spacial score (nSPS) is 14.5. The van der Waals surface area contributed by atoms with Crippen molar-refractivity contribution >= 4 is 33.6 Å². The molecule has 5 atom stereocenters. The van der Waals surface area contributed by atoms with Gasteiger partial charge in [-0.1, -0.05) is 371 Å². The summed E-state index contributed by atoms with van der Waals surface area (Å²) in [6.07, 6.45) is 113. The predicted molar refractivity (Wildman–Crippen MR) is 482 cm³/mol. The van der Waals surface area contributed by atoms with Gasteiger partial charge in [-0.2, -0.15) is 0 Å². The molecular formula is C97H166O16P2. The first-order valence-electron chi connectivity index (χ1n) is 45.8. The highest BCUT2D eigenvalue weighted by atomic mass is 31.2. The summed E-state index contributed by atoms with van der Waals surface area (Å²) in [7, 11) is -9.81. The van der Waals surface area contributed by atoms with Gasteiger partial charge in [-0.05, 0) is 148 Å². The summed E-state index contributed by atoms with van der Waals surface area (Å²) in [6.45, 7) is 2.44. The fraction of sp³-hybridized carbons (Fsp3) is 0.701. The largest absolute Gasteiger partial charge is 0.472 e. The predicted octanol–water partition coefficient (Wildman–Crippen LogP) is 28.1. The minimum atomic E-state index is -4.95. The number of carbonyl (C=O) groups excluding carboxylic acids is 3. The maximum absolute atomic E-state index is 13.0. The van der Waals surface area contributed by atoms with Gasteiger partial charge in [-0.15, -0.1) is 0 Å². The van der Waals surface area contributed by atoms with Gasteiger partial charge in [0.05, 0.1) is 26.4 Å². The standard InChI is InChI=1S/C97H166O16P2/c1-4-7-10-13-16-19-22-25-28-31-33-35-37-39-41-43-44-45-46-48-50-51-53-55-57-60-62-65-68-71-74-77-80-83-95(100)107-86-92(98)87-109-114(103,104)110-88-93(99)89-111-115(105,106)112-91-94(113-97(102)85-82-79-76-73-70-67-64-59-30-27-24-21-18-15-12-9-6-3)90-108-96(101)84-81-78-75-72-69-66-63-61-58-56-54-52-49-47-42-40-38-36-34-32-29-26-23-20-17-14-11-8-5-2/h8-9,11-12,16-21,25-30,33-36,39-42,64,67,92-94,98-99H,4-7,10,13-15,22-24,31-32,37-38,43-63,65-66,68-91H2,1-3H3,(H,103,104)(H,105,106)/b11-8-,12-9-,19-16-,20-17-,21-18-,28-25-,29-26-,30-27-,35-33-,36-34-,41-39-,42-40-,67-64-. The summed E-state index contributed by atoms with van der Waals surface area (Å²) in [5, 5.41) is 20.7. The molecule has 0 saturated heterocycles. The zero-order valence-electron chi connectivity index (χ0n) is 72.7. The van der Waals surface area contributed by atoms with Crippen molar-refractivity contribution in [2.75, 3.05) is 39.6 Å². The van der Waals surface area contributed by atoms with E-state index in [4.69, 9.17) is 32.3 Å². The number of unbranched alkanes of at least 4 members (excludes halogenated alkanes) is 37. The second-order valence-electron chi connectivity index (χ2n) is 30.3. The molecule has 0 saturated carbocycles. The van der Waals surface area contributed by atoms with Crippen LogP contribution in [-0.4, -0.2) is 95.9 Å². The van der Waals surface area contributed by atoms with Crippen molar-refractivity contribution in [3.8, 4) is 0 Å². The van der Waals surface area contributed by atoms with E-state index in [0.717, 1.165) is 154 Å². The Morgan fingerprint density at radius 2 is 0.461 bits per heavy atom. The molecule has 0 radical (unpaired) electrons.